The molecule has 0 radical (unpaired) electrons. The second-order valence-corrected chi connectivity index (χ2v) is 8.93. The van der Waals surface area contributed by atoms with Crippen LogP contribution in [0.2, 0.25) is 0 Å². The molecule has 0 atom stereocenters. The summed E-state index contributed by atoms with van der Waals surface area (Å²) >= 11 is 0. The van der Waals surface area contributed by atoms with E-state index in [1.807, 2.05) is 0 Å². The van der Waals surface area contributed by atoms with Crippen LogP contribution in [0.3, 0.4) is 0 Å². The van der Waals surface area contributed by atoms with Crippen molar-refractivity contribution in [2.24, 2.45) is 0 Å². The van der Waals surface area contributed by atoms with Crippen LogP contribution in [0.4, 0.5) is 11.4 Å². The molecular formula is C25H21N3O9S. The van der Waals surface area contributed by atoms with Crippen molar-refractivity contribution >= 4 is 33.5 Å². The lowest BCUT2D eigenvalue weighted by Crippen LogP contribution is -2.14. The SMILES string of the molecule is COc1ccc(S(=O)(=O)Oc2ccc(/C=C(\C#N)C(=O)Nc3ccc(OC)cc3[N+](=O)[O-])cc2OC)cc1. The molecule has 12 nitrogen and oxygen atoms in total. The number of carbonyl (C=O) groups excluding carboxylic acids is 1. The number of carbonyl (C=O) groups is 1. The lowest BCUT2D eigenvalue weighted by Gasteiger charge is -2.12. The molecule has 0 saturated heterocycles. The van der Waals surface area contributed by atoms with Crippen LogP contribution in [0.15, 0.2) is 71.1 Å². The first-order valence-corrected chi connectivity index (χ1v) is 12.0. The second kappa shape index (κ2) is 11.8. The molecular weight excluding hydrogens is 518 g/mol. The van der Waals surface area contributed by atoms with Gasteiger partial charge in [0.1, 0.15) is 33.7 Å². The summed E-state index contributed by atoms with van der Waals surface area (Å²) < 4.78 is 45.8. The van der Waals surface area contributed by atoms with Gasteiger partial charge in [0, 0.05) is 0 Å². The van der Waals surface area contributed by atoms with Crippen LogP contribution < -0.4 is 23.7 Å². The Morgan fingerprint density at radius 2 is 1.61 bits per heavy atom. The Labute approximate surface area is 217 Å². The number of nitro groups is 1. The summed E-state index contributed by atoms with van der Waals surface area (Å²) in [6.07, 6.45) is 1.20. The topological polar surface area (TPSA) is 167 Å². The number of hydrogen-bond acceptors (Lipinski definition) is 10. The quantitative estimate of drug-likeness (QED) is 0.131. The summed E-state index contributed by atoms with van der Waals surface area (Å²) in [5, 5.41) is 23.2. The summed E-state index contributed by atoms with van der Waals surface area (Å²) in [5.74, 6) is -0.329. The van der Waals surface area contributed by atoms with E-state index in [4.69, 9.17) is 18.4 Å². The molecule has 13 heteroatoms. The minimum Gasteiger partial charge on any atom is -0.497 e. The fourth-order valence-electron chi connectivity index (χ4n) is 3.15. The minimum atomic E-state index is -4.21. The summed E-state index contributed by atoms with van der Waals surface area (Å²) in [6.45, 7) is 0. The first-order valence-electron chi connectivity index (χ1n) is 10.6. The molecule has 196 valence electrons. The van der Waals surface area contributed by atoms with Gasteiger partial charge in [0.05, 0.1) is 32.3 Å². The molecule has 1 amide bonds. The first-order chi connectivity index (χ1) is 18.1. The molecule has 3 rings (SSSR count). The van der Waals surface area contributed by atoms with Gasteiger partial charge >= 0.3 is 10.1 Å². The smallest absolute Gasteiger partial charge is 0.339 e. The summed E-state index contributed by atoms with van der Waals surface area (Å²) in [5.41, 5.74) is -0.632. The number of anilines is 1. The number of amides is 1. The van der Waals surface area contributed by atoms with Crippen LogP contribution in [0.1, 0.15) is 5.56 Å². The van der Waals surface area contributed by atoms with Crippen LogP contribution in [-0.2, 0) is 14.9 Å². The Morgan fingerprint density at radius 1 is 0.947 bits per heavy atom. The molecule has 1 N–H and O–H groups in total. The molecule has 0 heterocycles. The maximum atomic E-state index is 12.7. The number of ether oxygens (including phenoxy) is 3. The van der Waals surface area contributed by atoms with Gasteiger partial charge in [0.25, 0.3) is 11.6 Å². The Morgan fingerprint density at radius 3 is 2.18 bits per heavy atom. The monoisotopic (exact) mass is 539 g/mol. The lowest BCUT2D eigenvalue weighted by molar-refractivity contribution is -0.384. The van der Waals surface area contributed by atoms with E-state index in [1.165, 1.54) is 82.0 Å². The van der Waals surface area contributed by atoms with Gasteiger partial charge in [-0.15, -0.1) is 0 Å². The van der Waals surface area contributed by atoms with Gasteiger partial charge in [-0.1, -0.05) is 6.07 Å². The van der Waals surface area contributed by atoms with Gasteiger partial charge in [-0.25, -0.2) is 0 Å². The second-order valence-electron chi connectivity index (χ2n) is 7.39. The van der Waals surface area contributed by atoms with E-state index in [-0.39, 0.29) is 33.4 Å². The highest BCUT2D eigenvalue weighted by molar-refractivity contribution is 7.87. The third-order valence-corrected chi connectivity index (χ3v) is 6.31. The first kappa shape index (κ1) is 27.5. The van der Waals surface area contributed by atoms with Gasteiger partial charge in [-0.2, -0.15) is 13.7 Å². The van der Waals surface area contributed by atoms with Crippen LogP contribution >= 0.6 is 0 Å². The predicted octanol–water partition coefficient (Wildman–Crippen LogP) is 3.93. The van der Waals surface area contributed by atoms with Gasteiger partial charge in [0.2, 0.25) is 0 Å². The van der Waals surface area contributed by atoms with Crippen LogP contribution in [0.5, 0.6) is 23.0 Å². The van der Waals surface area contributed by atoms with E-state index in [9.17, 15) is 28.6 Å². The van der Waals surface area contributed by atoms with E-state index in [0.29, 0.717) is 11.3 Å². The number of nitriles is 1. The molecule has 3 aromatic rings. The lowest BCUT2D eigenvalue weighted by atomic mass is 10.1. The number of nitrogens with one attached hydrogen (secondary N) is 1. The van der Waals surface area contributed by atoms with Crippen LogP contribution in [0, 0.1) is 21.4 Å². The van der Waals surface area contributed by atoms with Crippen molar-refractivity contribution in [3.05, 3.63) is 81.9 Å². The van der Waals surface area contributed by atoms with Crippen molar-refractivity contribution in [3.8, 4) is 29.1 Å². The molecule has 0 aliphatic rings. The van der Waals surface area contributed by atoms with E-state index in [2.05, 4.69) is 5.32 Å². The zero-order valence-electron chi connectivity index (χ0n) is 20.3. The number of methoxy groups -OCH3 is 3. The number of nitrogens with zero attached hydrogens (tertiary/aromatic N) is 2. The molecule has 0 aliphatic heterocycles. The minimum absolute atomic E-state index is 0.0133. The third-order valence-electron chi connectivity index (χ3n) is 5.06. The van der Waals surface area contributed by atoms with Crippen molar-refractivity contribution in [1.82, 2.24) is 0 Å². The summed E-state index contributed by atoms with van der Waals surface area (Å²) in [6, 6.07) is 15.2. The molecule has 0 aromatic heterocycles. The standard InChI is InChI=1S/C25H21N3O9S/c1-34-18-5-8-20(9-6-18)38(32,33)37-23-11-4-16(13-24(23)36-3)12-17(15-26)25(29)27-21-10-7-19(35-2)14-22(21)28(30)31/h4-14H,1-3H3,(H,27,29)/b17-12+. The molecule has 38 heavy (non-hydrogen) atoms. The van der Waals surface area contributed by atoms with E-state index in [0.717, 1.165) is 6.07 Å². The van der Waals surface area contributed by atoms with Gasteiger partial charge < -0.3 is 23.7 Å². The molecule has 0 unspecified atom stereocenters. The van der Waals surface area contributed by atoms with Crippen molar-refractivity contribution < 1.29 is 36.5 Å². The Kier molecular flexibility index (Phi) is 8.51. The van der Waals surface area contributed by atoms with E-state index >= 15 is 0 Å². The fourth-order valence-corrected chi connectivity index (χ4v) is 4.09. The van der Waals surface area contributed by atoms with E-state index < -0.39 is 26.6 Å². The molecule has 0 fully saturated rings. The molecule has 0 saturated carbocycles. The zero-order valence-corrected chi connectivity index (χ0v) is 21.1. The van der Waals surface area contributed by atoms with Crippen LogP contribution in [0.25, 0.3) is 6.08 Å². The normalized spacial score (nSPS) is 11.2. The van der Waals surface area contributed by atoms with E-state index in [1.54, 1.807) is 6.07 Å². The van der Waals surface area contributed by atoms with Crippen molar-refractivity contribution in [2.75, 3.05) is 26.6 Å². The Hall–Kier alpha value is -5.09. The molecule has 3 aromatic carbocycles. The average Bonchev–Trinajstić information content (AvgIpc) is 2.92. The van der Waals surface area contributed by atoms with Gasteiger partial charge in [-0.05, 0) is 60.2 Å². The molecule has 0 aliphatic carbocycles. The Bertz CT molecular complexity index is 1540. The summed E-state index contributed by atoms with van der Waals surface area (Å²) in [7, 11) is -0.129. The third kappa shape index (κ3) is 6.37. The van der Waals surface area contributed by atoms with Crippen molar-refractivity contribution in [3.63, 3.8) is 0 Å². The highest BCUT2D eigenvalue weighted by Crippen LogP contribution is 2.32. The maximum Gasteiger partial charge on any atom is 0.339 e. The number of hydrogen-bond donors (Lipinski definition) is 1. The summed E-state index contributed by atoms with van der Waals surface area (Å²) in [4.78, 5) is 23.2. The zero-order chi connectivity index (χ0) is 27.9. The molecule has 0 bridgehead atoms. The number of benzene rings is 3. The van der Waals surface area contributed by atoms with Gasteiger partial charge in [0.15, 0.2) is 11.5 Å². The van der Waals surface area contributed by atoms with Crippen molar-refractivity contribution in [2.45, 2.75) is 4.90 Å². The highest BCUT2D eigenvalue weighted by atomic mass is 32.2. The number of nitro benzene ring substituents is 1. The highest BCUT2D eigenvalue weighted by Gasteiger charge is 2.21. The van der Waals surface area contributed by atoms with Crippen LogP contribution in [-0.4, -0.2) is 40.6 Å². The molecule has 0 spiro atoms. The van der Waals surface area contributed by atoms with Gasteiger partial charge in [-0.3, -0.25) is 14.9 Å². The fraction of sp³-hybridized carbons (Fsp3) is 0.120. The maximum absolute atomic E-state index is 12.7. The average molecular weight is 540 g/mol. The van der Waals surface area contributed by atoms with Crippen molar-refractivity contribution in [1.29, 1.82) is 5.26 Å². The predicted molar refractivity (Wildman–Crippen MR) is 136 cm³/mol. The Balaban J connectivity index is 1.86. The largest absolute Gasteiger partial charge is 0.497 e. The number of rotatable bonds is 10.